The van der Waals surface area contributed by atoms with E-state index in [1.54, 1.807) is 31.4 Å². The number of anilines is 1. The van der Waals surface area contributed by atoms with Gasteiger partial charge in [-0.15, -0.1) is 0 Å². The number of amides is 2. The Labute approximate surface area is 169 Å². The van der Waals surface area contributed by atoms with Crippen LogP contribution in [0.5, 0.6) is 5.75 Å². The maximum atomic E-state index is 12.7. The highest BCUT2D eigenvalue weighted by atomic mass is 16.5. The van der Waals surface area contributed by atoms with Crippen molar-refractivity contribution in [2.45, 2.75) is 19.3 Å². The molecule has 0 heterocycles. The Morgan fingerprint density at radius 3 is 2.28 bits per heavy atom. The summed E-state index contributed by atoms with van der Waals surface area (Å²) in [5, 5.41) is 5.63. The van der Waals surface area contributed by atoms with E-state index in [4.69, 9.17) is 4.74 Å². The van der Waals surface area contributed by atoms with Crippen LogP contribution in [-0.4, -0.2) is 38.5 Å². The molecular formula is C22H24N2O5. The highest BCUT2D eigenvalue weighted by molar-refractivity contribution is 6.13. The van der Waals surface area contributed by atoms with Crippen LogP contribution < -0.4 is 15.4 Å². The van der Waals surface area contributed by atoms with Crippen molar-refractivity contribution < 1.29 is 23.9 Å². The van der Waals surface area contributed by atoms with E-state index in [0.29, 0.717) is 37.1 Å². The van der Waals surface area contributed by atoms with Gasteiger partial charge in [-0.3, -0.25) is 9.59 Å². The summed E-state index contributed by atoms with van der Waals surface area (Å²) in [6.07, 6.45) is 1.64. The lowest BCUT2D eigenvalue weighted by Crippen LogP contribution is -2.40. The molecule has 0 atom stereocenters. The first kappa shape index (κ1) is 20.4. The molecule has 2 aromatic rings. The van der Waals surface area contributed by atoms with Crippen LogP contribution in [0.4, 0.5) is 5.69 Å². The lowest BCUT2D eigenvalue weighted by molar-refractivity contribution is -0.134. The predicted octanol–water partition coefficient (Wildman–Crippen LogP) is 2.56. The second-order valence-corrected chi connectivity index (χ2v) is 6.92. The van der Waals surface area contributed by atoms with Gasteiger partial charge in [-0.25, -0.2) is 4.79 Å². The molecule has 3 rings (SSSR count). The summed E-state index contributed by atoms with van der Waals surface area (Å²) in [7, 11) is 2.92. The molecule has 2 N–H and O–H groups in total. The molecule has 7 heteroatoms. The molecule has 0 aromatic heterocycles. The molecule has 1 aliphatic rings. The number of hydrogen-bond donors (Lipinski definition) is 2. The van der Waals surface area contributed by atoms with E-state index in [-0.39, 0.29) is 11.8 Å². The zero-order chi connectivity index (χ0) is 20.9. The molecule has 2 aromatic carbocycles. The summed E-state index contributed by atoms with van der Waals surface area (Å²) in [6.45, 7) is 0.419. The predicted molar refractivity (Wildman–Crippen MR) is 108 cm³/mol. The third-order valence-electron chi connectivity index (χ3n) is 5.06. The molecule has 1 fully saturated rings. The van der Waals surface area contributed by atoms with Crippen LogP contribution in [0.15, 0.2) is 48.5 Å². The van der Waals surface area contributed by atoms with Crippen molar-refractivity contribution in [3.8, 4) is 5.75 Å². The first-order chi connectivity index (χ1) is 14.0. The highest BCUT2D eigenvalue weighted by Gasteiger charge is 2.56. The lowest BCUT2D eigenvalue weighted by atomic mass is 10.0. The Bertz CT molecular complexity index is 904. The van der Waals surface area contributed by atoms with E-state index in [1.807, 2.05) is 24.3 Å². The van der Waals surface area contributed by atoms with Crippen LogP contribution in [0.3, 0.4) is 0 Å². The third kappa shape index (κ3) is 4.56. The monoisotopic (exact) mass is 396 g/mol. The van der Waals surface area contributed by atoms with Crippen molar-refractivity contribution in [2.24, 2.45) is 5.41 Å². The number of hydrogen-bond acceptors (Lipinski definition) is 5. The van der Waals surface area contributed by atoms with Crippen molar-refractivity contribution in [1.82, 2.24) is 5.32 Å². The quantitative estimate of drug-likeness (QED) is 0.528. The molecule has 0 saturated heterocycles. The summed E-state index contributed by atoms with van der Waals surface area (Å²) in [6, 6.07) is 14.0. The number of carbonyl (C=O) groups is 3. The molecule has 7 nitrogen and oxygen atoms in total. The minimum atomic E-state index is -1.03. The summed E-state index contributed by atoms with van der Waals surface area (Å²) in [5.41, 5.74) is 0.883. The zero-order valence-corrected chi connectivity index (χ0v) is 16.5. The second kappa shape index (κ2) is 8.77. The van der Waals surface area contributed by atoms with Crippen LogP contribution in [0.25, 0.3) is 0 Å². The molecule has 1 aliphatic carbocycles. The van der Waals surface area contributed by atoms with Gasteiger partial charge < -0.3 is 20.1 Å². The molecule has 0 spiro atoms. The van der Waals surface area contributed by atoms with E-state index in [0.717, 1.165) is 11.3 Å². The standard InChI is InChI=1S/C22H24N2O5/c1-28-18-6-4-3-5-15(18)11-14-23-20(26)22(12-13-22)21(27)24-17-9-7-16(8-10-17)19(25)29-2/h3-10H,11-14H2,1-2H3,(H,23,26)(H,24,27). The fraction of sp³-hybridized carbons (Fsp3) is 0.318. The normalized spacial score (nSPS) is 13.9. The maximum Gasteiger partial charge on any atom is 0.337 e. The number of esters is 1. The number of ether oxygens (including phenoxy) is 2. The highest BCUT2D eigenvalue weighted by Crippen LogP contribution is 2.46. The fourth-order valence-corrected chi connectivity index (χ4v) is 3.13. The molecule has 0 radical (unpaired) electrons. The topological polar surface area (TPSA) is 93.7 Å². The van der Waals surface area contributed by atoms with Gasteiger partial charge in [0, 0.05) is 12.2 Å². The van der Waals surface area contributed by atoms with Crippen molar-refractivity contribution in [2.75, 3.05) is 26.1 Å². The largest absolute Gasteiger partial charge is 0.496 e. The van der Waals surface area contributed by atoms with Gasteiger partial charge in [0.2, 0.25) is 11.8 Å². The van der Waals surface area contributed by atoms with Gasteiger partial charge in [0.1, 0.15) is 11.2 Å². The van der Waals surface area contributed by atoms with Gasteiger partial charge in [-0.05, 0) is 55.2 Å². The number of nitrogens with one attached hydrogen (secondary N) is 2. The first-order valence-electron chi connectivity index (χ1n) is 9.40. The molecule has 0 aliphatic heterocycles. The number of carbonyl (C=O) groups excluding carboxylic acids is 3. The Morgan fingerprint density at radius 2 is 1.66 bits per heavy atom. The summed E-state index contributed by atoms with van der Waals surface area (Å²) in [4.78, 5) is 36.8. The van der Waals surface area contributed by atoms with Gasteiger partial charge in [-0.2, -0.15) is 0 Å². The molecule has 0 bridgehead atoms. The van der Waals surface area contributed by atoms with E-state index >= 15 is 0 Å². The summed E-state index contributed by atoms with van der Waals surface area (Å²) >= 11 is 0. The zero-order valence-electron chi connectivity index (χ0n) is 16.5. The van der Waals surface area contributed by atoms with Crippen LogP contribution in [0.2, 0.25) is 0 Å². The van der Waals surface area contributed by atoms with Crippen LogP contribution in [0.1, 0.15) is 28.8 Å². The lowest BCUT2D eigenvalue weighted by Gasteiger charge is -2.16. The van der Waals surface area contributed by atoms with Crippen molar-refractivity contribution >= 4 is 23.5 Å². The first-order valence-corrected chi connectivity index (χ1v) is 9.40. The second-order valence-electron chi connectivity index (χ2n) is 6.92. The number of methoxy groups -OCH3 is 2. The van der Waals surface area contributed by atoms with E-state index in [9.17, 15) is 14.4 Å². The van der Waals surface area contributed by atoms with E-state index < -0.39 is 11.4 Å². The van der Waals surface area contributed by atoms with Gasteiger partial charge in [-0.1, -0.05) is 18.2 Å². The number of para-hydroxylation sites is 1. The molecule has 0 unspecified atom stereocenters. The van der Waals surface area contributed by atoms with Gasteiger partial charge in [0.05, 0.1) is 19.8 Å². The van der Waals surface area contributed by atoms with Gasteiger partial charge >= 0.3 is 5.97 Å². The average molecular weight is 396 g/mol. The average Bonchev–Trinajstić information content (AvgIpc) is 3.56. The van der Waals surface area contributed by atoms with E-state index in [1.165, 1.54) is 7.11 Å². The summed E-state index contributed by atoms with van der Waals surface area (Å²) in [5.74, 6) is -0.277. The van der Waals surface area contributed by atoms with Gasteiger partial charge in [0.15, 0.2) is 0 Å². The summed E-state index contributed by atoms with van der Waals surface area (Å²) < 4.78 is 9.96. The molecule has 29 heavy (non-hydrogen) atoms. The maximum absolute atomic E-state index is 12.7. The third-order valence-corrected chi connectivity index (χ3v) is 5.06. The SMILES string of the molecule is COC(=O)c1ccc(NC(=O)C2(C(=O)NCCc3ccccc3OC)CC2)cc1. The Balaban J connectivity index is 1.55. The fourth-order valence-electron chi connectivity index (χ4n) is 3.13. The Morgan fingerprint density at radius 1 is 0.966 bits per heavy atom. The molecule has 1 saturated carbocycles. The van der Waals surface area contributed by atoms with Crippen molar-refractivity contribution in [3.63, 3.8) is 0 Å². The van der Waals surface area contributed by atoms with Crippen LogP contribution >= 0.6 is 0 Å². The van der Waals surface area contributed by atoms with Gasteiger partial charge in [0.25, 0.3) is 0 Å². The Hall–Kier alpha value is -3.35. The minimum Gasteiger partial charge on any atom is -0.496 e. The molecule has 152 valence electrons. The molecule has 2 amide bonds. The van der Waals surface area contributed by atoms with Crippen LogP contribution in [0, 0.1) is 5.41 Å². The van der Waals surface area contributed by atoms with E-state index in [2.05, 4.69) is 15.4 Å². The van der Waals surface area contributed by atoms with Crippen LogP contribution in [-0.2, 0) is 20.7 Å². The van der Waals surface area contributed by atoms with Crippen molar-refractivity contribution in [1.29, 1.82) is 0 Å². The number of rotatable bonds is 8. The number of benzene rings is 2. The smallest absolute Gasteiger partial charge is 0.337 e. The molecular weight excluding hydrogens is 372 g/mol. The Kier molecular flexibility index (Phi) is 6.16. The minimum absolute atomic E-state index is 0.268. The van der Waals surface area contributed by atoms with Crippen molar-refractivity contribution in [3.05, 3.63) is 59.7 Å².